The van der Waals surface area contributed by atoms with Crippen LogP contribution in [-0.2, 0) is 14.8 Å². The summed E-state index contributed by atoms with van der Waals surface area (Å²) in [4.78, 5) is 15.0. The summed E-state index contributed by atoms with van der Waals surface area (Å²) in [5.41, 5.74) is 1.05. The molecule has 2 N–H and O–H groups in total. The lowest BCUT2D eigenvalue weighted by molar-refractivity contribution is -0.139. The maximum absolute atomic E-state index is 12.9. The summed E-state index contributed by atoms with van der Waals surface area (Å²) in [7, 11) is -3.56. The van der Waals surface area contributed by atoms with Gasteiger partial charge in [-0.2, -0.15) is 9.40 Å². The second kappa shape index (κ2) is 7.05. The van der Waals surface area contributed by atoms with Crippen LogP contribution in [0.4, 0.5) is 0 Å². The molecule has 0 saturated carbocycles. The third-order valence-electron chi connectivity index (χ3n) is 5.25. The summed E-state index contributed by atoms with van der Waals surface area (Å²) in [6.07, 6.45) is 1.15. The number of aromatic amines is 1. The van der Waals surface area contributed by atoms with Gasteiger partial charge in [0.05, 0.1) is 11.4 Å². The number of H-pyrrole nitrogens is 1. The van der Waals surface area contributed by atoms with Crippen molar-refractivity contribution in [3.8, 4) is 0 Å². The summed E-state index contributed by atoms with van der Waals surface area (Å²) >= 11 is 0. The smallest absolute Gasteiger partial charge is 0.246 e. The fraction of sp³-hybridized carbons (Fsp3) is 0.750. The maximum Gasteiger partial charge on any atom is 0.246 e. The van der Waals surface area contributed by atoms with E-state index in [9.17, 15) is 13.2 Å². The highest BCUT2D eigenvalue weighted by molar-refractivity contribution is 7.89. The number of piperidine rings is 1. The van der Waals surface area contributed by atoms with Gasteiger partial charge < -0.3 is 10.2 Å². The number of carbonyl (C=O) groups excluding carboxylic acids is 1. The van der Waals surface area contributed by atoms with E-state index >= 15 is 0 Å². The van der Waals surface area contributed by atoms with Crippen LogP contribution in [0.3, 0.4) is 0 Å². The first-order valence-electron chi connectivity index (χ1n) is 8.85. The Morgan fingerprint density at radius 2 is 1.88 bits per heavy atom. The Morgan fingerprint density at radius 3 is 2.44 bits per heavy atom. The summed E-state index contributed by atoms with van der Waals surface area (Å²) in [5.74, 6) is 0.0836. The molecular formula is C16H27N5O3S. The lowest BCUT2D eigenvalue weighted by Crippen LogP contribution is -2.55. The molecule has 0 bridgehead atoms. The first-order chi connectivity index (χ1) is 11.8. The molecule has 2 aliphatic rings. The molecule has 3 rings (SSSR count). The van der Waals surface area contributed by atoms with Crippen molar-refractivity contribution >= 4 is 15.9 Å². The van der Waals surface area contributed by atoms with E-state index in [4.69, 9.17) is 0 Å². The molecule has 0 aromatic carbocycles. The van der Waals surface area contributed by atoms with Gasteiger partial charge in [-0.1, -0.05) is 0 Å². The van der Waals surface area contributed by atoms with Crippen molar-refractivity contribution in [2.24, 2.45) is 5.92 Å². The monoisotopic (exact) mass is 369 g/mol. The van der Waals surface area contributed by atoms with E-state index in [-0.39, 0.29) is 22.8 Å². The Kier molecular flexibility index (Phi) is 5.17. The SMILES string of the molecule is Cc1n[nH]c(C)c1S(=O)(=O)N1CCC(C(=O)N2CCNC[C@H]2C)CC1. The van der Waals surface area contributed by atoms with Gasteiger partial charge in [0.1, 0.15) is 4.90 Å². The molecule has 2 fully saturated rings. The number of rotatable bonds is 3. The van der Waals surface area contributed by atoms with Crippen molar-refractivity contribution in [1.29, 1.82) is 0 Å². The molecule has 0 radical (unpaired) electrons. The number of sulfonamides is 1. The van der Waals surface area contributed by atoms with E-state index in [1.165, 1.54) is 4.31 Å². The van der Waals surface area contributed by atoms with Crippen LogP contribution < -0.4 is 5.32 Å². The van der Waals surface area contributed by atoms with Gasteiger partial charge in [0.15, 0.2) is 0 Å². The normalized spacial score (nSPS) is 23.8. The van der Waals surface area contributed by atoms with Gasteiger partial charge in [-0.25, -0.2) is 8.42 Å². The zero-order valence-electron chi connectivity index (χ0n) is 15.1. The second-order valence-electron chi connectivity index (χ2n) is 7.03. The molecule has 1 atom stereocenters. The molecule has 1 aromatic rings. The Hall–Kier alpha value is -1.45. The van der Waals surface area contributed by atoms with Gasteiger partial charge in [-0.05, 0) is 33.6 Å². The largest absolute Gasteiger partial charge is 0.337 e. The second-order valence-corrected chi connectivity index (χ2v) is 8.90. The minimum Gasteiger partial charge on any atom is -0.337 e. The molecule has 3 heterocycles. The molecule has 1 amide bonds. The van der Waals surface area contributed by atoms with Crippen LogP contribution in [0.5, 0.6) is 0 Å². The van der Waals surface area contributed by atoms with Crippen LogP contribution in [0.15, 0.2) is 4.90 Å². The zero-order valence-corrected chi connectivity index (χ0v) is 15.9. The van der Waals surface area contributed by atoms with E-state index in [2.05, 4.69) is 15.5 Å². The van der Waals surface area contributed by atoms with Gasteiger partial charge in [-0.3, -0.25) is 9.89 Å². The van der Waals surface area contributed by atoms with Crippen molar-refractivity contribution in [3.63, 3.8) is 0 Å². The molecule has 0 unspecified atom stereocenters. The number of hydrogen-bond acceptors (Lipinski definition) is 5. The molecule has 1 aromatic heterocycles. The summed E-state index contributed by atoms with van der Waals surface area (Å²) < 4.78 is 27.3. The van der Waals surface area contributed by atoms with Crippen LogP contribution in [0.25, 0.3) is 0 Å². The number of aryl methyl sites for hydroxylation is 2. The topological polar surface area (TPSA) is 98.4 Å². The third kappa shape index (κ3) is 3.45. The Labute approximate surface area is 149 Å². The van der Waals surface area contributed by atoms with E-state index < -0.39 is 10.0 Å². The molecule has 0 aliphatic carbocycles. The van der Waals surface area contributed by atoms with Gasteiger partial charge in [0.25, 0.3) is 0 Å². The number of piperazine rings is 1. The molecular weight excluding hydrogens is 342 g/mol. The highest BCUT2D eigenvalue weighted by atomic mass is 32.2. The fourth-order valence-corrected chi connectivity index (χ4v) is 5.60. The lowest BCUT2D eigenvalue weighted by atomic mass is 9.95. The molecule has 9 heteroatoms. The summed E-state index contributed by atoms with van der Waals surface area (Å²) in [6.45, 7) is 8.58. The number of hydrogen-bond donors (Lipinski definition) is 2. The predicted octanol–water partition coefficient (Wildman–Crippen LogP) is 0.248. The molecule has 140 valence electrons. The van der Waals surface area contributed by atoms with Crippen molar-refractivity contribution in [3.05, 3.63) is 11.4 Å². The highest BCUT2D eigenvalue weighted by Gasteiger charge is 2.36. The van der Waals surface area contributed by atoms with E-state index in [0.29, 0.717) is 37.3 Å². The van der Waals surface area contributed by atoms with Crippen LogP contribution >= 0.6 is 0 Å². The van der Waals surface area contributed by atoms with Gasteiger partial charge >= 0.3 is 0 Å². The number of carbonyl (C=O) groups is 1. The first-order valence-corrected chi connectivity index (χ1v) is 10.3. The lowest BCUT2D eigenvalue weighted by Gasteiger charge is -2.38. The van der Waals surface area contributed by atoms with Crippen LogP contribution in [0.1, 0.15) is 31.2 Å². The van der Waals surface area contributed by atoms with Gasteiger partial charge in [-0.15, -0.1) is 0 Å². The quantitative estimate of drug-likeness (QED) is 0.796. The molecule has 0 spiro atoms. The van der Waals surface area contributed by atoms with E-state index in [1.54, 1.807) is 13.8 Å². The fourth-order valence-electron chi connectivity index (χ4n) is 3.80. The van der Waals surface area contributed by atoms with Crippen LogP contribution in [-0.4, -0.2) is 72.5 Å². The molecule has 8 nitrogen and oxygen atoms in total. The molecule has 2 saturated heterocycles. The number of nitrogens with one attached hydrogen (secondary N) is 2. The summed E-state index contributed by atoms with van der Waals surface area (Å²) in [5, 5.41) is 10.0. The minimum atomic E-state index is -3.56. The van der Waals surface area contributed by atoms with Crippen molar-refractivity contribution in [2.75, 3.05) is 32.7 Å². The Bertz CT molecular complexity index is 717. The number of amides is 1. The summed E-state index contributed by atoms with van der Waals surface area (Å²) in [6, 6.07) is 0.194. The van der Waals surface area contributed by atoms with Crippen molar-refractivity contribution < 1.29 is 13.2 Å². The Balaban J connectivity index is 1.66. The minimum absolute atomic E-state index is 0.0847. The number of nitrogens with zero attached hydrogens (tertiary/aromatic N) is 3. The third-order valence-corrected chi connectivity index (χ3v) is 7.41. The first kappa shape index (κ1) is 18.3. The molecule has 25 heavy (non-hydrogen) atoms. The highest BCUT2D eigenvalue weighted by Crippen LogP contribution is 2.28. The average Bonchev–Trinajstić information content (AvgIpc) is 2.94. The standard InChI is InChI=1S/C16H27N5O3S/c1-11-10-17-6-9-21(11)16(22)14-4-7-20(8-5-14)25(23,24)15-12(2)18-19-13(15)3/h11,14,17H,4-10H2,1-3H3,(H,18,19)/t11-/m1/s1. The molecule has 2 aliphatic heterocycles. The van der Waals surface area contributed by atoms with Crippen molar-refractivity contribution in [1.82, 2.24) is 24.7 Å². The van der Waals surface area contributed by atoms with Crippen LogP contribution in [0, 0.1) is 19.8 Å². The predicted molar refractivity (Wildman–Crippen MR) is 93.6 cm³/mol. The van der Waals surface area contributed by atoms with Crippen LogP contribution in [0.2, 0.25) is 0 Å². The van der Waals surface area contributed by atoms with Gasteiger partial charge in [0.2, 0.25) is 15.9 Å². The van der Waals surface area contributed by atoms with Gasteiger partial charge in [0, 0.05) is 44.7 Å². The number of aromatic nitrogens is 2. The Morgan fingerprint density at radius 1 is 1.20 bits per heavy atom. The average molecular weight is 369 g/mol. The van der Waals surface area contributed by atoms with E-state index in [1.807, 2.05) is 11.8 Å². The van der Waals surface area contributed by atoms with E-state index in [0.717, 1.165) is 19.6 Å². The zero-order chi connectivity index (χ0) is 18.2. The maximum atomic E-state index is 12.9. The van der Waals surface area contributed by atoms with Crippen molar-refractivity contribution in [2.45, 2.75) is 44.6 Å².